The van der Waals surface area contributed by atoms with Crippen LogP contribution in [0.2, 0.25) is 10.2 Å². The van der Waals surface area contributed by atoms with Crippen LogP contribution in [0.5, 0.6) is 0 Å². The number of aromatic nitrogens is 1. The minimum absolute atomic E-state index is 0.160. The van der Waals surface area contributed by atoms with Crippen molar-refractivity contribution >= 4 is 29.1 Å². The van der Waals surface area contributed by atoms with Crippen molar-refractivity contribution < 1.29 is 4.79 Å². The summed E-state index contributed by atoms with van der Waals surface area (Å²) < 4.78 is 0. The lowest BCUT2D eigenvalue weighted by molar-refractivity contribution is -0.128. The van der Waals surface area contributed by atoms with Crippen LogP contribution in [-0.2, 0) is 11.3 Å². The van der Waals surface area contributed by atoms with Crippen LogP contribution < -0.4 is 0 Å². The van der Waals surface area contributed by atoms with Gasteiger partial charge in [0.15, 0.2) is 0 Å². The maximum atomic E-state index is 11.4. The molecule has 1 aliphatic rings. The van der Waals surface area contributed by atoms with Gasteiger partial charge in [0.1, 0.15) is 5.15 Å². The molecule has 1 aliphatic heterocycles. The quantitative estimate of drug-likeness (QED) is 0.750. The summed E-state index contributed by atoms with van der Waals surface area (Å²) in [5, 5.41) is 0.958. The molecule has 1 fully saturated rings. The Morgan fingerprint density at radius 2 is 2.20 bits per heavy atom. The second kappa shape index (κ2) is 4.37. The number of halogens is 2. The maximum absolute atomic E-state index is 11.4. The van der Waals surface area contributed by atoms with Gasteiger partial charge in [-0.1, -0.05) is 23.2 Å². The molecular weight excluding hydrogens is 235 g/mol. The van der Waals surface area contributed by atoms with E-state index >= 15 is 0 Å². The second-order valence-corrected chi connectivity index (χ2v) is 4.28. The van der Waals surface area contributed by atoms with Crippen molar-refractivity contribution in [3.8, 4) is 0 Å². The predicted molar refractivity (Wildman–Crippen MR) is 58.9 cm³/mol. The van der Waals surface area contributed by atoms with Gasteiger partial charge in [-0.3, -0.25) is 4.79 Å². The Hall–Kier alpha value is -0.800. The summed E-state index contributed by atoms with van der Waals surface area (Å²) in [5.41, 5.74) is 0.666. The molecule has 2 heterocycles. The molecule has 0 N–H and O–H groups in total. The fourth-order valence-corrected chi connectivity index (χ4v) is 1.95. The van der Waals surface area contributed by atoms with E-state index in [1.54, 1.807) is 17.0 Å². The first kappa shape index (κ1) is 10.7. The topological polar surface area (TPSA) is 33.2 Å². The third kappa shape index (κ3) is 2.41. The van der Waals surface area contributed by atoms with E-state index in [2.05, 4.69) is 4.98 Å². The van der Waals surface area contributed by atoms with E-state index in [9.17, 15) is 4.79 Å². The second-order valence-electron chi connectivity index (χ2n) is 3.48. The van der Waals surface area contributed by atoms with Gasteiger partial charge >= 0.3 is 0 Å². The van der Waals surface area contributed by atoms with Crippen LogP contribution in [0.25, 0.3) is 0 Å². The Labute approximate surface area is 98.0 Å². The molecule has 0 unspecified atom stereocenters. The fourth-order valence-electron chi connectivity index (χ4n) is 1.62. The van der Waals surface area contributed by atoms with Crippen molar-refractivity contribution in [2.45, 2.75) is 19.4 Å². The number of carbonyl (C=O) groups is 1. The van der Waals surface area contributed by atoms with Crippen molar-refractivity contribution in [3.05, 3.63) is 28.0 Å². The van der Waals surface area contributed by atoms with Gasteiger partial charge in [0.05, 0.1) is 17.3 Å². The Kier molecular flexibility index (Phi) is 3.12. The number of rotatable bonds is 2. The molecule has 0 spiro atoms. The highest BCUT2D eigenvalue weighted by atomic mass is 35.5. The fraction of sp³-hybridized carbons (Fsp3) is 0.400. The van der Waals surface area contributed by atoms with Crippen molar-refractivity contribution in [1.82, 2.24) is 9.88 Å². The van der Waals surface area contributed by atoms with Crippen LogP contribution in [0.3, 0.4) is 0 Å². The number of amides is 1. The van der Waals surface area contributed by atoms with E-state index in [1.807, 2.05) is 0 Å². The molecule has 5 heteroatoms. The number of likely N-dealkylation sites (tertiary alicyclic amines) is 1. The number of nitrogens with zero attached hydrogens (tertiary/aromatic N) is 2. The minimum atomic E-state index is 0.160. The van der Waals surface area contributed by atoms with Crippen LogP contribution in [-0.4, -0.2) is 22.3 Å². The van der Waals surface area contributed by atoms with Gasteiger partial charge in [-0.05, 0) is 18.6 Å². The zero-order chi connectivity index (χ0) is 10.8. The largest absolute Gasteiger partial charge is 0.337 e. The third-order valence-corrected chi connectivity index (χ3v) is 2.95. The van der Waals surface area contributed by atoms with Crippen LogP contribution in [0.1, 0.15) is 18.5 Å². The summed E-state index contributed by atoms with van der Waals surface area (Å²) in [6, 6.07) is 3.34. The summed E-state index contributed by atoms with van der Waals surface area (Å²) in [7, 11) is 0. The van der Waals surface area contributed by atoms with E-state index in [0.29, 0.717) is 28.8 Å². The Balaban J connectivity index is 2.16. The van der Waals surface area contributed by atoms with Crippen LogP contribution in [0.4, 0.5) is 0 Å². The van der Waals surface area contributed by atoms with Gasteiger partial charge in [-0.15, -0.1) is 0 Å². The molecule has 80 valence electrons. The smallest absolute Gasteiger partial charge is 0.222 e. The Bertz CT molecular complexity index is 395. The van der Waals surface area contributed by atoms with Crippen LogP contribution >= 0.6 is 23.2 Å². The monoisotopic (exact) mass is 244 g/mol. The zero-order valence-electron chi connectivity index (χ0n) is 8.04. The van der Waals surface area contributed by atoms with Crippen molar-refractivity contribution in [1.29, 1.82) is 0 Å². The van der Waals surface area contributed by atoms with Crippen molar-refractivity contribution in [3.63, 3.8) is 0 Å². The lowest BCUT2D eigenvalue weighted by Gasteiger charge is -2.15. The first-order valence-electron chi connectivity index (χ1n) is 4.75. The first-order chi connectivity index (χ1) is 7.16. The molecule has 0 atom stereocenters. The average Bonchev–Trinajstić information content (AvgIpc) is 2.58. The molecule has 15 heavy (non-hydrogen) atoms. The SMILES string of the molecule is O=C1CCCN1Cc1nc(Cl)ccc1Cl. The highest BCUT2D eigenvalue weighted by molar-refractivity contribution is 6.32. The predicted octanol–water partition coefficient (Wildman–Crippen LogP) is 2.51. The molecule has 2 rings (SSSR count). The summed E-state index contributed by atoms with van der Waals surface area (Å²) in [6.07, 6.45) is 1.54. The molecule has 0 saturated carbocycles. The maximum Gasteiger partial charge on any atom is 0.222 e. The number of carbonyl (C=O) groups excluding carboxylic acids is 1. The van der Waals surface area contributed by atoms with Gasteiger partial charge in [0, 0.05) is 13.0 Å². The average molecular weight is 245 g/mol. The van der Waals surface area contributed by atoms with Gasteiger partial charge in [0.25, 0.3) is 0 Å². The standard InChI is InChI=1S/C10H10Cl2N2O/c11-7-3-4-9(12)13-8(7)6-14-5-1-2-10(14)15/h3-4H,1-2,5-6H2. The summed E-state index contributed by atoms with van der Waals surface area (Å²) in [5.74, 6) is 0.160. The lowest BCUT2D eigenvalue weighted by atomic mass is 10.3. The highest BCUT2D eigenvalue weighted by Crippen LogP contribution is 2.20. The molecular formula is C10H10Cl2N2O. The number of hydrogen-bond donors (Lipinski definition) is 0. The molecule has 1 aromatic rings. The normalized spacial score (nSPS) is 16.1. The van der Waals surface area contributed by atoms with Crippen LogP contribution in [0.15, 0.2) is 12.1 Å². The van der Waals surface area contributed by atoms with E-state index in [-0.39, 0.29) is 5.91 Å². The number of pyridine rings is 1. The van der Waals surface area contributed by atoms with Gasteiger partial charge in [-0.2, -0.15) is 0 Å². The molecule has 0 aromatic carbocycles. The molecule has 0 bridgehead atoms. The van der Waals surface area contributed by atoms with E-state index in [1.165, 1.54) is 0 Å². The van der Waals surface area contributed by atoms with Gasteiger partial charge in [-0.25, -0.2) is 4.98 Å². The summed E-state index contributed by atoms with van der Waals surface area (Å²) in [4.78, 5) is 17.3. The highest BCUT2D eigenvalue weighted by Gasteiger charge is 2.21. The molecule has 1 aromatic heterocycles. The molecule has 0 radical (unpaired) electrons. The molecule has 0 aliphatic carbocycles. The number of hydrogen-bond acceptors (Lipinski definition) is 2. The van der Waals surface area contributed by atoms with Gasteiger partial charge in [0.2, 0.25) is 5.91 Å². The Morgan fingerprint density at radius 1 is 1.40 bits per heavy atom. The lowest BCUT2D eigenvalue weighted by Crippen LogP contribution is -2.24. The van der Waals surface area contributed by atoms with E-state index in [4.69, 9.17) is 23.2 Å². The molecule has 1 saturated heterocycles. The molecule has 1 amide bonds. The van der Waals surface area contributed by atoms with E-state index in [0.717, 1.165) is 13.0 Å². The van der Waals surface area contributed by atoms with Gasteiger partial charge < -0.3 is 4.90 Å². The minimum Gasteiger partial charge on any atom is -0.337 e. The van der Waals surface area contributed by atoms with Crippen LogP contribution in [0, 0.1) is 0 Å². The molecule has 3 nitrogen and oxygen atoms in total. The third-order valence-electron chi connectivity index (χ3n) is 2.40. The zero-order valence-corrected chi connectivity index (χ0v) is 9.55. The van der Waals surface area contributed by atoms with Crippen molar-refractivity contribution in [2.75, 3.05) is 6.54 Å². The Morgan fingerprint density at radius 3 is 2.87 bits per heavy atom. The summed E-state index contributed by atoms with van der Waals surface area (Å²) in [6.45, 7) is 1.24. The van der Waals surface area contributed by atoms with E-state index < -0.39 is 0 Å². The first-order valence-corrected chi connectivity index (χ1v) is 5.51. The summed E-state index contributed by atoms with van der Waals surface area (Å²) >= 11 is 11.7. The van der Waals surface area contributed by atoms with Crippen molar-refractivity contribution in [2.24, 2.45) is 0 Å².